The van der Waals surface area contributed by atoms with Gasteiger partial charge in [0.05, 0.1) is 0 Å². The number of halogens is 1. The zero-order valence-corrected chi connectivity index (χ0v) is 6.73. The number of nitrogen functional groups attached to an aromatic ring is 1. The van der Waals surface area contributed by atoms with E-state index in [-0.39, 0.29) is 0 Å². The lowest BCUT2D eigenvalue weighted by Gasteiger charge is -2.00. The summed E-state index contributed by atoms with van der Waals surface area (Å²) in [5, 5.41) is 3.95. The fraction of sp³-hybridized carbons (Fsp3) is 0.250. The van der Waals surface area contributed by atoms with Crippen LogP contribution >= 0.6 is 11.6 Å². The Kier molecular flexibility index (Phi) is 1.51. The number of rotatable bonds is 1. The number of nitrogens with two attached hydrogens (primary N) is 1. The predicted octanol–water partition coefficient (Wildman–Crippen LogP) is 1.57. The maximum absolute atomic E-state index is 5.94. The van der Waals surface area contributed by atoms with Crippen LogP contribution in [0.2, 0.25) is 5.02 Å². The summed E-state index contributed by atoms with van der Waals surface area (Å²) in [5.74, 6) is 0. The Bertz CT molecular complexity index is 281. The second kappa shape index (κ2) is 2.40. The van der Waals surface area contributed by atoms with Crippen LogP contribution in [0, 0.1) is 0 Å². The third-order valence-corrected chi connectivity index (χ3v) is 2.14. The van der Waals surface area contributed by atoms with Crippen molar-refractivity contribution in [2.24, 2.45) is 0 Å². The monoisotopic (exact) mass is 168 g/mol. The molecule has 1 saturated heterocycles. The molecule has 0 spiro atoms. The Balaban J connectivity index is 2.39. The van der Waals surface area contributed by atoms with E-state index in [1.165, 1.54) is 0 Å². The summed E-state index contributed by atoms with van der Waals surface area (Å²) in [6.07, 6.45) is 0. The standard InChI is InChI=1S/C8H9ClN2/c9-7-3-5(10)1-2-6(7)8-4-11-8/h1-3,8,11H,4,10H2/t8-/m1/s1. The van der Waals surface area contributed by atoms with Gasteiger partial charge in [-0.25, -0.2) is 0 Å². The van der Waals surface area contributed by atoms with Gasteiger partial charge < -0.3 is 11.1 Å². The van der Waals surface area contributed by atoms with Crippen LogP contribution < -0.4 is 11.1 Å². The third-order valence-electron chi connectivity index (χ3n) is 1.81. The first-order chi connectivity index (χ1) is 5.27. The van der Waals surface area contributed by atoms with Gasteiger partial charge in [0.15, 0.2) is 0 Å². The molecule has 0 radical (unpaired) electrons. The average molecular weight is 169 g/mol. The third kappa shape index (κ3) is 1.32. The molecule has 3 N–H and O–H groups in total. The second-order valence-electron chi connectivity index (χ2n) is 2.74. The Labute approximate surface area is 70.3 Å². The van der Waals surface area contributed by atoms with Crippen molar-refractivity contribution in [2.45, 2.75) is 6.04 Å². The lowest BCUT2D eigenvalue weighted by Crippen LogP contribution is -1.89. The molecule has 1 atom stereocenters. The van der Waals surface area contributed by atoms with Gasteiger partial charge in [-0.15, -0.1) is 0 Å². The van der Waals surface area contributed by atoms with Crippen LogP contribution in [-0.4, -0.2) is 6.54 Å². The molecule has 0 aromatic heterocycles. The highest BCUT2D eigenvalue weighted by atomic mass is 35.5. The second-order valence-corrected chi connectivity index (χ2v) is 3.15. The number of hydrogen-bond donors (Lipinski definition) is 2. The van der Waals surface area contributed by atoms with Crippen LogP contribution in [0.15, 0.2) is 18.2 Å². The van der Waals surface area contributed by atoms with Crippen molar-refractivity contribution in [3.8, 4) is 0 Å². The molecule has 2 rings (SSSR count). The first-order valence-corrected chi connectivity index (χ1v) is 3.93. The van der Waals surface area contributed by atoms with Crippen LogP contribution in [0.25, 0.3) is 0 Å². The van der Waals surface area contributed by atoms with Gasteiger partial charge in [0.1, 0.15) is 0 Å². The van der Waals surface area contributed by atoms with Gasteiger partial charge in [0.2, 0.25) is 0 Å². The molecule has 1 aromatic rings. The van der Waals surface area contributed by atoms with Crippen molar-refractivity contribution in [1.82, 2.24) is 5.32 Å². The molecule has 1 fully saturated rings. The zero-order chi connectivity index (χ0) is 7.84. The largest absolute Gasteiger partial charge is 0.399 e. The van der Waals surface area contributed by atoms with E-state index in [1.807, 2.05) is 12.1 Å². The van der Waals surface area contributed by atoms with E-state index >= 15 is 0 Å². The predicted molar refractivity (Wildman–Crippen MR) is 46.6 cm³/mol. The molecule has 0 unspecified atom stereocenters. The highest BCUT2D eigenvalue weighted by molar-refractivity contribution is 6.31. The van der Waals surface area contributed by atoms with Crippen LogP contribution in [0.1, 0.15) is 11.6 Å². The maximum atomic E-state index is 5.94. The molecule has 1 aromatic carbocycles. The quantitative estimate of drug-likeness (QED) is 0.494. The van der Waals surface area contributed by atoms with Gasteiger partial charge in [-0.05, 0) is 17.7 Å². The number of anilines is 1. The minimum Gasteiger partial charge on any atom is -0.399 e. The van der Waals surface area contributed by atoms with E-state index in [0.717, 1.165) is 22.8 Å². The first kappa shape index (κ1) is 6.95. The van der Waals surface area contributed by atoms with E-state index < -0.39 is 0 Å². The van der Waals surface area contributed by atoms with Crippen molar-refractivity contribution in [1.29, 1.82) is 0 Å². The Morgan fingerprint density at radius 3 is 2.82 bits per heavy atom. The van der Waals surface area contributed by atoms with Crippen molar-refractivity contribution >= 4 is 17.3 Å². The highest BCUT2D eigenvalue weighted by Crippen LogP contribution is 2.29. The molecule has 0 saturated carbocycles. The number of nitrogens with one attached hydrogen (secondary N) is 1. The van der Waals surface area contributed by atoms with E-state index in [0.29, 0.717) is 6.04 Å². The molecule has 2 nitrogen and oxygen atoms in total. The van der Waals surface area contributed by atoms with Crippen LogP contribution in [0.3, 0.4) is 0 Å². The fourth-order valence-corrected chi connectivity index (χ4v) is 1.43. The summed E-state index contributed by atoms with van der Waals surface area (Å²) >= 11 is 5.94. The lowest BCUT2D eigenvalue weighted by molar-refractivity contribution is 1.08. The molecular formula is C8H9ClN2. The van der Waals surface area contributed by atoms with Gasteiger partial charge in [0, 0.05) is 23.3 Å². The summed E-state index contributed by atoms with van der Waals surface area (Å²) in [6, 6.07) is 6.10. The smallest absolute Gasteiger partial charge is 0.0474 e. The Morgan fingerprint density at radius 2 is 2.27 bits per heavy atom. The lowest BCUT2D eigenvalue weighted by atomic mass is 10.1. The van der Waals surface area contributed by atoms with Gasteiger partial charge in [-0.3, -0.25) is 0 Å². The van der Waals surface area contributed by atoms with E-state index in [1.54, 1.807) is 6.07 Å². The summed E-state index contributed by atoms with van der Waals surface area (Å²) in [5.41, 5.74) is 7.42. The highest BCUT2D eigenvalue weighted by Gasteiger charge is 2.24. The zero-order valence-electron chi connectivity index (χ0n) is 5.97. The maximum Gasteiger partial charge on any atom is 0.0474 e. The normalized spacial score (nSPS) is 21.7. The van der Waals surface area contributed by atoms with Crippen LogP contribution in [0.5, 0.6) is 0 Å². The van der Waals surface area contributed by atoms with Gasteiger partial charge in [-0.1, -0.05) is 17.7 Å². The van der Waals surface area contributed by atoms with Crippen LogP contribution in [-0.2, 0) is 0 Å². The molecule has 0 bridgehead atoms. The molecule has 1 heterocycles. The molecule has 1 aliphatic heterocycles. The molecular weight excluding hydrogens is 160 g/mol. The number of hydrogen-bond acceptors (Lipinski definition) is 2. The van der Waals surface area contributed by atoms with Crippen molar-refractivity contribution in [3.05, 3.63) is 28.8 Å². The van der Waals surface area contributed by atoms with E-state index in [2.05, 4.69) is 5.32 Å². The van der Waals surface area contributed by atoms with Gasteiger partial charge >= 0.3 is 0 Å². The Hall–Kier alpha value is -0.730. The fourth-order valence-electron chi connectivity index (χ4n) is 1.10. The molecule has 1 aliphatic rings. The molecule has 3 heteroatoms. The molecule has 0 aliphatic carbocycles. The minimum atomic E-state index is 0.461. The van der Waals surface area contributed by atoms with E-state index in [9.17, 15) is 0 Å². The van der Waals surface area contributed by atoms with Crippen LogP contribution in [0.4, 0.5) is 5.69 Å². The minimum absolute atomic E-state index is 0.461. The molecule has 11 heavy (non-hydrogen) atoms. The average Bonchev–Trinajstić information content (AvgIpc) is 2.70. The Morgan fingerprint density at radius 1 is 1.55 bits per heavy atom. The first-order valence-electron chi connectivity index (χ1n) is 3.55. The summed E-state index contributed by atoms with van der Waals surface area (Å²) in [4.78, 5) is 0. The van der Waals surface area contributed by atoms with Crippen molar-refractivity contribution in [2.75, 3.05) is 12.3 Å². The molecule has 58 valence electrons. The molecule has 0 amide bonds. The van der Waals surface area contributed by atoms with Crippen molar-refractivity contribution in [3.63, 3.8) is 0 Å². The summed E-state index contributed by atoms with van der Waals surface area (Å²) in [7, 11) is 0. The summed E-state index contributed by atoms with van der Waals surface area (Å²) < 4.78 is 0. The van der Waals surface area contributed by atoms with Crippen molar-refractivity contribution < 1.29 is 0 Å². The topological polar surface area (TPSA) is 48.0 Å². The van der Waals surface area contributed by atoms with E-state index in [4.69, 9.17) is 17.3 Å². The number of benzene rings is 1. The van der Waals surface area contributed by atoms with Gasteiger partial charge in [0.25, 0.3) is 0 Å². The summed E-state index contributed by atoms with van der Waals surface area (Å²) in [6.45, 7) is 1.03. The SMILES string of the molecule is Nc1ccc([C@H]2CN2)c(Cl)c1. The van der Waals surface area contributed by atoms with Gasteiger partial charge in [-0.2, -0.15) is 0 Å².